The van der Waals surface area contributed by atoms with Gasteiger partial charge in [-0.3, -0.25) is 4.90 Å². The number of aromatic nitrogens is 2. The van der Waals surface area contributed by atoms with Crippen LogP contribution in [0.1, 0.15) is 29.8 Å². The Labute approximate surface area is 131 Å². The third kappa shape index (κ3) is 3.55. The van der Waals surface area contributed by atoms with Gasteiger partial charge in [0.05, 0.1) is 0 Å². The van der Waals surface area contributed by atoms with Gasteiger partial charge in [0.15, 0.2) is 0 Å². The van der Waals surface area contributed by atoms with Crippen LogP contribution < -0.4 is 0 Å². The van der Waals surface area contributed by atoms with Crippen LogP contribution in [-0.4, -0.2) is 27.5 Å². The maximum absolute atomic E-state index is 13.3. The summed E-state index contributed by atoms with van der Waals surface area (Å²) in [5, 5.41) is 0. The van der Waals surface area contributed by atoms with E-state index >= 15 is 0 Å². The quantitative estimate of drug-likeness (QED) is 0.861. The molecule has 0 saturated carbocycles. The SMILES string of the molecule is Cc1cc(CN2CCC(Cn3ccnc3C)CC2)ccc1F. The van der Waals surface area contributed by atoms with Crippen LogP contribution in [-0.2, 0) is 13.1 Å². The van der Waals surface area contributed by atoms with Crippen LogP contribution in [0.5, 0.6) is 0 Å². The van der Waals surface area contributed by atoms with Crippen LogP contribution in [0.4, 0.5) is 4.39 Å². The van der Waals surface area contributed by atoms with E-state index in [1.807, 2.05) is 25.3 Å². The molecule has 1 aliphatic heterocycles. The first kappa shape index (κ1) is 15.2. The molecule has 118 valence electrons. The molecule has 3 nitrogen and oxygen atoms in total. The molecule has 3 rings (SSSR count). The molecule has 0 atom stereocenters. The van der Waals surface area contributed by atoms with Crippen molar-refractivity contribution in [1.29, 1.82) is 0 Å². The van der Waals surface area contributed by atoms with Crippen molar-refractivity contribution in [3.8, 4) is 0 Å². The highest BCUT2D eigenvalue weighted by Crippen LogP contribution is 2.21. The lowest BCUT2D eigenvalue weighted by molar-refractivity contribution is 0.166. The highest BCUT2D eigenvalue weighted by molar-refractivity contribution is 5.23. The van der Waals surface area contributed by atoms with Crippen LogP contribution >= 0.6 is 0 Å². The van der Waals surface area contributed by atoms with Crippen LogP contribution in [0.3, 0.4) is 0 Å². The molecule has 0 bridgehead atoms. The lowest BCUT2D eigenvalue weighted by Gasteiger charge is -2.32. The zero-order chi connectivity index (χ0) is 15.5. The topological polar surface area (TPSA) is 21.1 Å². The highest BCUT2D eigenvalue weighted by Gasteiger charge is 2.20. The number of imidazole rings is 1. The monoisotopic (exact) mass is 301 g/mol. The molecule has 2 aromatic rings. The molecule has 0 amide bonds. The minimum Gasteiger partial charge on any atom is -0.335 e. The van der Waals surface area contributed by atoms with E-state index < -0.39 is 0 Å². The van der Waals surface area contributed by atoms with E-state index in [1.54, 1.807) is 6.07 Å². The molecule has 1 fully saturated rings. The predicted octanol–water partition coefficient (Wildman–Crippen LogP) is 3.55. The average Bonchev–Trinajstić information content (AvgIpc) is 2.90. The van der Waals surface area contributed by atoms with E-state index in [-0.39, 0.29) is 5.82 Å². The summed E-state index contributed by atoms with van der Waals surface area (Å²) in [6, 6.07) is 5.46. The second kappa shape index (κ2) is 6.61. The number of likely N-dealkylation sites (tertiary alicyclic amines) is 1. The van der Waals surface area contributed by atoms with E-state index in [0.29, 0.717) is 0 Å². The third-order valence-corrected chi connectivity index (χ3v) is 4.71. The first-order valence-corrected chi connectivity index (χ1v) is 8.07. The molecule has 1 aromatic heterocycles. The number of rotatable bonds is 4. The van der Waals surface area contributed by atoms with Crippen molar-refractivity contribution in [3.05, 3.63) is 53.4 Å². The summed E-state index contributed by atoms with van der Waals surface area (Å²) in [5.74, 6) is 1.72. The van der Waals surface area contributed by atoms with E-state index in [2.05, 4.69) is 27.6 Å². The molecule has 0 radical (unpaired) electrons. The van der Waals surface area contributed by atoms with Crippen molar-refractivity contribution < 1.29 is 4.39 Å². The Hall–Kier alpha value is -1.68. The van der Waals surface area contributed by atoms with Crippen LogP contribution in [0, 0.1) is 25.6 Å². The number of nitrogens with zero attached hydrogens (tertiary/aromatic N) is 3. The van der Waals surface area contributed by atoms with Gasteiger partial charge in [0.1, 0.15) is 11.6 Å². The van der Waals surface area contributed by atoms with E-state index in [9.17, 15) is 4.39 Å². The van der Waals surface area contributed by atoms with Gasteiger partial charge in [-0.2, -0.15) is 0 Å². The second-order valence-corrected chi connectivity index (χ2v) is 6.43. The summed E-state index contributed by atoms with van der Waals surface area (Å²) in [4.78, 5) is 6.77. The van der Waals surface area contributed by atoms with E-state index in [0.717, 1.165) is 43.5 Å². The number of piperidine rings is 1. The Balaban J connectivity index is 1.51. The maximum atomic E-state index is 13.3. The summed E-state index contributed by atoms with van der Waals surface area (Å²) < 4.78 is 15.6. The highest BCUT2D eigenvalue weighted by atomic mass is 19.1. The Kier molecular flexibility index (Phi) is 4.57. The zero-order valence-electron chi connectivity index (χ0n) is 13.4. The van der Waals surface area contributed by atoms with Crippen molar-refractivity contribution in [2.24, 2.45) is 5.92 Å². The largest absolute Gasteiger partial charge is 0.335 e. The third-order valence-electron chi connectivity index (χ3n) is 4.71. The minimum absolute atomic E-state index is 0.113. The molecule has 1 aromatic carbocycles. The molecule has 22 heavy (non-hydrogen) atoms. The van der Waals surface area contributed by atoms with E-state index in [1.165, 1.54) is 18.4 Å². The zero-order valence-corrected chi connectivity index (χ0v) is 13.4. The second-order valence-electron chi connectivity index (χ2n) is 6.43. The number of halogens is 1. The number of benzene rings is 1. The molecule has 0 spiro atoms. The number of hydrogen-bond donors (Lipinski definition) is 0. The van der Waals surface area contributed by atoms with E-state index in [4.69, 9.17) is 0 Å². The van der Waals surface area contributed by atoms with Gasteiger partial charge < -0.3 is 4.57 Å². The molecule has 0 aliphatic carbocycles. The van der Waals surface area contributed by atoms with Crippen molar-refractivity contribution in [2.45, 2.75) is 39.8 Å². The van der Waals surface area contributed by atoms with Gasteiger partial charge in [0.25, 0.3) is 0 Å². The summed E-state index contributed by atoms with van der Waals surface area (Å²) in [7, 11) is 0. The van der Waals surface area contributed by atoms with Gasteiger partial charge in [-0.05, 0) is 62.9 Å². The molecule has 4 heteroatoms. The van der Waals surface area contributed by atoms with Crippen LogP contribution in [0.15, 0.2) is 30.6 Å². The minimum atomic E-state index is -0.113. The number of hydrogen-bond acceptors (Lipinski definition) is 2. The number of aryl methyl sites for hydroxylation is 2. The molecule has 0 unspecified atom stereocenters. The van der Waals surface area contributed by atoms with Gasteiger partial charge in [0, 0.05) is 25.5 Å². The standard InChI is InChI=1S/C18H24FN3/c1-14-11-17(3-4-18(14)19)12-21-8-5-16(6-9-21)13-22-10-7-20-15(22)2/h3-4,7,10-11,16H,5-6,8-9,12-13H2,1-2H3. The van der Waals surface area contributed by atoms with Gasteiger partial charge in [0.2, 0.25) is 0 Å². The molecular formula is C18H24FN3. The van der Waals surface area contributed by atoms with Gasteiger partial charge in [-0.15, -0.1) is 0 Å². The Morgan fingerprint density at radius 3 is 2.64 bits per heavy atom. The molecule has 1 saturated heterocycles. The van der Waals surface area contributed by atoms with Gasteiger partial charge in [-0.1, -0.05) is 12.1 Å². The summed E-state index contributed by atoms with van der Waals surface area (Å²) in [6.07, 6.45) is 6.39. The van der Waals surface area contributed by atoms with Crippen molar-refractivity contribution in [3.63, 3.8) is 0 Å². The molecule has 2 heterocycles. The van der Waals surface area contributed by atoms with Gasteiger partial charge >= 0.3 is 0 Å². The van der Waals surface area contributed by atoms with Crippen molar-refractivity contribution in [1.82, 2.24) is 14.5 Å². The normalized spacial score (nSPS) is 17.0. The first-order valence-electron chi connectivity index (χ1n) is 8.07. The fourth-order valence-electron chi connectivity index (χ4n) is 3.27. The van der Waals surface area contributed by atoms with Crippen LogP contribution in [0.2, 0.25) is 0 Å². The lowest BCUT2D eigenvalue weighted by atomic mass is 9.96. The predicted molar refractivity (Wildman–Crippen MR) is 86.1 cm³/mol. The Morgan fingerprint density at radius 1 is 1.23 bits per heavy atom. The first-order chi connectivity index (χ1) is 10.6. The fourth-order valence-corrected chi connectivity index (χ4v) is 3.27. The Morgan fingerprint density at radius 2 is 2.00 bits per heavy atom. The lowest BCUT2D eigenvalue weighted by Crippen LogP contribution is -2.34. The maximum Gasteiger partial charge on any atom is 0.126 e. The smallest absolute Gasteiger partial charge is 0.126 e. The molecule has 1 aliphatic rings. The summed E-state index contributed by atoms with van der Waals surface area (Å²) in [5.41, 5.74) is 1.95. The Bertz CT molecular complexity index is 627. The van der Waals surface area contributed by atoms with Crippen molar-refractivity contribution in [2.75, 3.05) is 13.1 Å². The van der Waals surface area contributed by atoms with Crippen LogP contribution in [0.25, 0.3) is 0 Å². The van der Waals surface area contributed by atoms with Crippen molar-refractivity contribution >= 4 is 0 Å². The van der Waals surface area contributed by atoms with Gasteiger partial charge in [-0.25, -0.2) is 9.37 Å². The average molecular weight is 301 g/mol. The molecular weight excluding hydrogens is 277 g/mol. The fraction of sp³-hybridized carbons (Fsp3) is 0.500. The molecule has 0 N–H and O–H groups in total. The summed E-state index contributed by atoms with van der Waals surface area (Å²) >= 11 is 0. The summed E-state index contributed by atoms with van der Waals surface area (Å²) in [6.45, 7) is 8.14.